The first kappa shape index (κ1) is 17.8. The number of methoxy groups -OCH3 is 1. The minimum atomic E-state index is 0.0396. The van der Waals surface area contributed by atoms with Crippen LogP contribution in [0.3, 0.4) is 0 Å². The van der Waals surface area contributed by atoms with E-state index in [0.29, 0.717) is 5.13 Å². The molecule has 23 heavy (non-hydrogen) atoms. The zero-order chi connectivity index (χ0) is 16.7. The van der Waals surface area contributed by atoms with Gasteiger partial charge >= 0.3 is 0 Å². The SMILES string of the molecule is CCCCCOC(CC)c1cccc(-c2csc(N)n2)c1OC. The Hall–Kier alpha value is -1.59. The van der Waals surface area contributed by atoms with E-state index in [1.807, 2.05) is 17.5 Å². The summed E-state index contributed by atoms with van der Waals surface area (Å²) < 4.78 is 11.8. The van der Waals surface area contributed by atoms with Gasteiger partial charge in [-0.3, -0.25) is 0 Å². The molecule has 1 aromatic heterocycles. The van der Waals surface area contributed by atoms with E-state index in [1.165, 1.54) is 24.2 Å². The van der Waals surface area contributed by atoms with Crippen LogP contribution in [0.4, 0.5) is 5.13 Å². The molecule has 1 unspecified atom stereocenters. The maximum Gasteiger partial charge on any atom is 0.180 e. The lowest BCUT2D eigenvalue weighted by molar-refractivity contribution is 0.0459. The van der Waals surface area contributed by atoms with E-state index >= 15 is 0 Å². The fourth-order valence-corrected chi connectivity index (χ4v) is 3.22. The summed E-state index contributed by atoms with van der Waals surface area (Å²) in [6, 6.07) is 6.12. The van der Waals surface area contributed by atoms with Gasteiger partial charge in [0.05, 0.1) is 18.9 Å². The van der Waals surface area contributed by atoms with Gasteiger partial charge in [-0.25, -0.2) is 4.98 Å². The van der Waals surface area contributed by atoms with Crippen LogP contribution in [0.1, 0.15) is 51.2 Å². The molecule has 0 saturated heterocycles. The number of ether oxygens (including phenoxy) is 2. The number of rotatable bonds is 9. The molecule has 0 aliphatic heterocycles. The van der Waals surface area contributed by atoms with Crippen molar-refractivity contribution in [3.05, 3.63) is 29.1 Å². The third-order valence-electron chi connectivity index (χ3n) is 3.83. The highest BCUT2D eigenvalue weighted by Gasteiger charge is 2.19. The molecule has 126 valence electrons. The second-order valence-corrected chi connectivity index (χ2v) is 6.36. The van der Waals surface area contributed by atoms with Gasteiger partial charge in [0, 0.05) is 23.1 Å². The molecule has 1 aromatic carbocycles. The van der Waals surface area contributed by atoms with E-state index < -0.39 is 0 Å². The van der Waals surface area contributed by atoms with E-state index in [4.69, 9.17) is 15.2 Å². The fourth-order valence-electron chi connectivity index (χ4n) is 2.65. The minimum Gasteiger partial charge on any atom is -0.496 e. The van der Waals surface area contributed by atoms with Crippen molar-refractivity contribution in [1.82, 2.24) is 4.98 Å². The van der Waals surface area contributed by atoms with Crippen molar-refractivity contribution in [2.75, 3.05) is 19.5 Å². The summed E-state index contributed by atoms with van der Waals surface area (Å²) in [5, 5.41) is 2.52. The molecule has 0 radical (unpaired) electrons. The summed E-state index contributed by atoms with van der Waals surface area (Å²) in [6.45, 7) is 5.12. The molecule has 2 aromatic rings. The zero-order valence-corrected chi connectivity index (χ0v) is 15.0. The number of nitrogens with two attached hydrogens (primary N) is 1. The summed E-state index contributed by atoms with van der Waals surface area (Å²) >= 11 is 1.44. The molecule has 1 heterocycles. The number of unbranched alkanes of at least 4 members (excludes halogenated alkanes) is 2. The average molecular weight is 334 g/mol. The molecule has 4 nitrogen and oxygen atoms in total. The highest BCUT2D eigenvalue weighted by molar-refractivity contribution is 7.13. The lowest BCUT2D eigenvalue weighted by Gasteiger charge is -2.21. The number of nitrogens with zero attached hydrogens (tertiary/aromatic N) is 1. The predicted molar refractivity (Wildman–Crippen MR) is 97.0 cm³/mol. The van der Waals surface area contributed by atoms with Crippen molar-refractivity contribution in [2.24, 2.45) is 0 Å². The van der Waals surface area contributed by atoms with Gasteiger partial charge in [0.1, 0.15) is 5.75 Å². The second kappa shape index (κ2) is 8.89. The van der Waals surface area contributed by atoms with Crippen molar-refractivity contribution in [1.29, 1.82) is 0 Å². The number of hydrogen-bond donors (Lipinski definition) is 1. The van der Waals surface area contributed by atoms with Gasteiger partial charge in [0.15, 0.2) is 5.13 Å². The Morgan fingerprint density at radius 2 is 2.09 bits per heavy atom. The Kier molecular flexibility index (Phi) is 6.86. The van der Waals surface area contributed by atoms with Gasteiger partial charge in [-0.2, -0.15) is 0 Å². The molecular weight excluding hydrogens is 308 g/mol. The Morgan fingerprint density at radius 3 is 2.70 bits per heavy atom. The molecule has 5 heteroatoms. The van der Waals surface area contributed by atoms with Gasteiger partial charge in [0.25, 0.3) is 0 Å². The number of anilines is 1. The Balaban J connectivity index is 2.26. The quantitative estimate of drug-likeness (QED) is 0.651. The molecule has 0 fully saturated rings. The van der Waals surface area contributed by atoms with E-state index in [2.05, 4.69) is 24.9 Å². The molecule has 0 spiro atoms. The van der Waals surface area contributed by atoms with Crippen LogP contribution in [0, 0.1) is 0 Å². The van der Waals surface area contributed by atoms with E-state index in [1.54, 1.807) is 7.11 Å². The van der Waals surface area contributed by atoms with E-state index in [9.17, 15) is 0 Å². The summed E-state index contributed by atoms with van der Waals surface area (Å²) in [5.74, 6) is 0.833. The van der Waals surface area contributed by atoms with Crippen molar-refractivity contribution in [2.45, 2.75) is 45.6 Å². The highest BCUT2D eigenvalue weighted by Crippen LogP contribution is 2.38. The monoisotopic (exact) mass is 334 g/mol. The molecule has 0 bridgehead atoms. The van der Waals surface area contributed by atoms with Crippen LogP contribution >= 0.6 is 11.3 Å². The zero-order valence-electron chi connectivity index (χ0n) is 14.2. The van der Waals surface area contributed by atoms with Gasteiger partial charge in [0.2, 0.25) is 0 Å². The summed E-state index contributed by atoms with van der Waals surface area (Å²) in [6.07, 6.45) is 4.44. The molecule has 0 aliphatic carbocycles. The predicted octanol–water partition coefficient (Wildman–Crippen LogP) is 5.06. The highest BCUT2D eigenvalue weighted by atomic mass is 32.1. The summed E-state index contributed by atoms with van der Waals surface area (Å²) in [4.78, 5) is 4.38. The maximum absolute atomic E-state index is 6.10. The van der Waals surface area contributed by atoms with Gasteiger partial charge in [-0.15, -0.1) is 11.3 Å². The van der Waals surface area contributed by atoms with Crippen molar-refractivity contribution >= 4 is 16.5 Å². The smallest absolute Gasteiger partial charge is 0.180 e. The Labute approximate surface area is 142 Å². The lowest BCUT2D eigenvalue weighted by Crippen LogP contribution is -2.07. The first-order chi connectivity index (χ1) is 11.2. The van der Waals surface area contributed by atoms with Gasteiger partial charge < -0.3 is 15.2 Å². The van der Waals surface area contributed by atoms with Gasteiger partial charge in [-0.05, 0) is 18.9 Å². The molecule has 2 rings (SSSR count). The number of nitrogen functional groups attached to an aromatic ring is 1. The normalized spacial score (nSPS) is 12.3. The number of thiazole rings is 1. The lowest BCUT2D eigenvalue weighted by atomic mass is 10.0. The average Bonchev–Trinajstić information content (AvgIpc) is 3.00. The van der Waals surface area contributed by atoms with E-state index in [0.717, 1.165) is 42.0 Å². The Morgan fingerprint density at radius 1 is 1.26 bits per heavy atom. The molecule has 0 amide bonds. The molecule has 0 saturated carbocycles. The van der Waals surface area contributed by atoms with Crippen LogP contribution in [-0.2, 0) is 4.74 Å². The topological polar surface area (TPSA) is 57.4 Å². The van der Waals surface area contributed by atoms with E-state index in [-0.39, 0.29) is 6.10 Å². The van der Waals surface area contributed by atoms with Crippen molar-refractivity contribution in [3.63, 3.8) is 0 Å². The van der Waals surface area contributed by atoms with Crippen molar-refractivity contribution < 1.29 is 9.47 Å². The largest absolute Gasteiger partial charge is 0.496 e. The maximum atomic E-state index is 6.10. The number of para-hydroxylation sites is 1. The second-order valence-electron chi connectivity index (χ2n) is 5.47. The molecule has 1 atom stereocenters. The number of hydrogen-bond acceptors (Lipinski definition) is 5. The van der Waals surface area contributed by atoms with Crippen LogP contribution in [0.5, 0.6) is 5.75 Å². The third kappa shape index (κ3) is 4.45. The summed E-state index contributed by atoms with van der Waals surface area (Å²) in [7, 11) is 1.70. The molecule has 2 N–H and O–H groups in total. The summed E-state index contributed by atoms with van der Waals surface area (Å²) in [5.41, 5.74) is 8.67. The fraction of sp³-hybridized carbons (Fsp3) is 0.500. The van der Waals surface area contributed by atoms with Gasteiger partial charge in [-0.1, -0.05) is 38.8 Å². The first-order valence-corrected chi connectivity index (χ1v) is 9.09. The van der Waals surface area contributed by atoms with Crippen LogP contribution in [0.2, 0.25) is 0 Å². The van der Waals surface area contributed by atoms with Crippen LogP contribution in [0.25, 0.3) is 11.3 Å². The van der Waals surface area contributed by atoms with Crippen LogP contribution in [-0.4, -0.2) is 18.7 Å². The minimum absolute atomic E-state index is 0.0396. The number of benzene rings is 1. The van der Waals surface area contributed by atoms with Crippen LogP contribution in [0.15, 0.2) is 23.6 Å². The third-order valence-corrected chi connectivity index (χ3v) is 4.51. The number of aromatic nitrogens is 1. The Bertz CT molecular complexity index is 613. The standard InChI is InChI=1S/C18H26N2O2S/c1-4-6-7-11-22-16(5-2)14-10-8-9-13(17(14)21-3)15-12-23-18(19)20-15/h8-10,12,16H,4-7,11H2,1-3H3,(H2,19,20). The van der Waals surface area contributed by atoms with Crippen molar-refractivity contribution in [3.8, 4) is 17.0 Å². The molecule has 0 aliphatic rings. The first-order valence-electron chi connectivity index (χ1n) is 8.21. The molecular formula is C18H26N2O2S. The van der Waals surface area contributed by atoms with Crippen LogP contribution < -0.4 is 10.5 Å².